The lowest BCUT2D eigenvalue weighted by Crippen LogP contribution is -2.21. The molecule has 0 fully saturated rings. The van der Waals surface area contributed by atoms with Crippen molar-refractivity contribution in [2.75, 3.05) is 20.1 Å². The zero-order chi connectivity index (χ0) is 9.52. The third kappa shape index (κ3) is 3.15. The summed E-state index contributed by atoms with van der Waals surface area (Å²) in [7, 11) is 1.82. The van der Waals surface area contributed by atoms with Crippen LogP contribution < -0.4 is 5.32 Å². The van der Waals surface area contributed by atoms with E-state index in [9.17, 15) is 0 Å². The molecule has 0 bridgehead atoms. The number of hydrogen-bond acceptors (Lipinski definition) is 2. The molecular formula is C11H18N2. The van der Waals surface area contributed by atoms with Crippen LogP contribution in [0.25, 0.3) is 0 Å². The van der Waals surface area contributed by atoms with Gasteiger partial charge in [-0.1, -0.05) is 12.2 Å². The first kappa shape index (κ1) is 10.2. The molecule has 1 aliphatic rings. The molecule has 1 aliphatic heterocycles. The maximum Gasteiger partial charge on any atom is 0.0273 e. The van der Waals surface area contributed by atoms with E-state index in [4.69, 9.17) is 0 Å². The number of aliphatic imine (C=N–C) groups is 1. The molecule has 2 nitrogen and oxygen atoms in total. The molecule has 0 spiro atoms. The van der Waals surface area contributed by atoms with Crippen molar-refractivity contribution < 1.29 is 0 Å². The summed E-state index contributed by atoms with van der Waals surface area (Å²) in [6.45, 7) is 4.21. The molecular weight excluding hydrogens is 160 g/mol. The predicted molar refractivity (Wildman–Crippen MR) is 58.4 cm³/mol. The molecule has 2 heteroatoms. The average molecular weight is 178 g/mol. The molecule has 0 aromatic rings. The Balaban J connectivity index is 2.60. The number of nitrogens with one attached hydrogen (secondary N) is 1. The Morgan fingerprint density at radius 3 is 3.08 bits per heavy atom. The van der Waals surface area contributed by atoms with E-state index < -0.39 is 0 Å². The van der Waals surface area contributed by atoms with Crippen LogP contribution in [0, 0.1) is 0 Å². The van der Waals surface area contributed by atoms with Crippen molar-refractivity contribution in [1.29, 1.82) is 0 Å². The van der Waals surface area contributed by atoms with Crippen LogP contribution >= 0.6 is 0 Å². The van der Waals surface area contributed by atoms with E-state index in [1.54, 1.807) is 0 Å². The molecule has 0 aliphatic carbocycles. The zero-order valence-electron chi connectivity index (χ0n) is 8.51. The van der Waals surface area contributed by atoms with Crippen LogP contribution in [-0.2, 0) is 0 Å². The Labute approximate surface area is 80.4 Å². The Bertz CT molecular complexity index is 236. The van der Waals surface area contributed by atoms with Crippen molar-refractivity contribution in [2.24, 2.45) is 4.99 Å². The lowest BCUT2D eigenvalue weighted by molar-refractivity contribution is 0.706. The Hall–Kier alpha value is -0.890. The normalized spacial score (nSPS) is 19.2. The highest BCUT2D eigenvalue weighted by molar-refractivity contribution is 5.63. The minimum absolute atomic E-state index is 0.971. The monoisotopic (exact) mass is 178 g/mol. The number of hydrogen-bond donors (Lipinski definition) is 1. The van der Waals surface area contributed by atoms with Gasteiger partial charge >= 0.3 is 0 Å². The van der Waals surface area contributed by atoms with Crippen molar-refractivity contribution in [3.63, 3.8) is 0 Å². The van der Waals surface area contributed by atoms with Gasteiger partial charge in [-0.2, -0.15) is 0 Å². The summed E-state index contributed by atoms with van der Waals surface area (Å²) in [6, 6.07) is 0. The molecule has 72 valence electrons. The Morgan fingerprint density at radius 1 is 1.69 bits per heavy atom. The van der Waals surface area contributed by atoms with Crippen molar-refractivity contribution >= 4 is 6.21 Å². The van der Waals surface area contributed by atoms with E-state index in [0.717, 1.165) is 25.9 Å². The van der Waals surface area contributed by atoms with Gasteiger partial charge in [0.15, 0.2) is 0 Å². The number of allylic oxidation sites excluding steroid dienone is 2. The standard InChI is InChI=1S/C11H18N2/c1-3-10(4-7-12-2)11-5-8-13-9-6-11/h3,5,7,13H,4,6,8-9H2,1-2H3/b10-3+,12-7?. The molecule has 0 radical (unpaired) electrons. The summed E-state index contributed by atoms with van der Waals surface area (Å²) in [6.07, 6.45) is 8.56. The van der Waals surface area contributed by atoms with Gasteiger partial charge in [0.2, 0.25) is 0 Å². The highest BCUT2D eigenvalue weighted by atomic mass is 14.8. The first-order valence-corrected chi connectivity index (χ1v) is 4.84. The summed E-state index contributed by atoms with van der Waals surface area (Å²) in [5, 5.41) is 3.31. The van der Waals surface area contributed by atoms with E-state index in [0.29, 0.717) is 0 Å². The van der Waals surface area contributed by atoms with Gasteiger partial charge in [0.25, 0.3) is 0 Å². The first-order chi connectivity index (χ1) is 6.38. The van der Waals surface area contributed by atoms with E-state index in [1.807, 2.05) is 13.3 Å². The minimum Gasteiger partial charge on any atom is -0.313 e. The van der Waals surface area contributed by atoms with E-state index in [1.165, 1.54) is 11.1 Å². The number of rotatable bonds is 3. The maximum absolute atomic E-state index is 4.01. The topological polar surface area (TPSA) is 24.4 Å². The predicted octanol–water partition coefficient (Wildman–Crippen LogP) is 1.94. The van der Waals surface area contributed by atoms with Gasteiger partial charge in [0.05, 0.1) is 0 Å². The zero-order valence-corrected chi connectivity index (χ0v) is 8.51. The van der Waals surface area contributed by atoms with Gasteiger partial charge < -0.3 is 10.3 Å². The minimum atomic E-state index is 0.971. The molecule has 0 atom stereocenters. The fourth-order valence-corrected chi connectivity index (χ4v) is 1.54. The summed E-state index contributed by atoms with van der Waals surface area (Å²) in [5.41, 5.74) is 2.91. The van der Waals surface area contributed by atoms with Crippen molar-refractivity contribution in [1.82, 2.24) is 5.32 Å². The molecule has 0 saturated heterocycles. The van der Waals surface area contributed by atoms with Crippen LogP contribution in [-0.4, -0.2) is 26.4 Å². The molecule has 1 heterocycles. The third-order valence-electron chi connectivity index (χ3n) is 2.32. The van der Waals surface area contributed by atoms with Crippen LogP contribution in [0.5, 0.6) is 0 Å². The quantitative estimate of drug-likeness (QED) is 0.656. The average Bonchev–Trinajstić information content (AvgIpc) is 2.21. The van der Waals surface area contributed by atoms with E-state index in [2.05, 4.69) is 29.4 Å². The fourth-order valence-electron chi connectivity index (χ4n) is 1.54. The summed E-state index contributed by atoms with van der Waals surface area (Å²) >= 11 is 0. The fraction of sp³-hybridized carbons (Fsp3) is 0.545. The molecule has 0 amide bonds. The van der Waals surface area contributed by atoms with Gasteiger partial charge in [0, 0.05) is 26.2 Å². The smallest absolute Gasteiger partial charge is 0.0273 e. The number of nitrogens with zero attached hydrogens (tertiary/aromatic N) is 1. The van der Waals surface area contributed by atoms with Crippen molar-refractivity contribution in [3.8, 4) is 0 Å². The van der Waals surface area contributed by atoms with Crippen LogP contribution in [0.4, 0.5) is 0 Å². The molecule has 0 saturated carbocycles. The lowest BCUT2D eigenvalue weighted by atomic mass is 9.98. The second kappa shape index (κ2) is 5.70. The Kier molecular flexibility index (Phi) is 4.47. The molecule has 1 rings (SSSR count). The van der Waals surface area contributed by atoms with Gasteiger partial charge in [-0.3, -0.25) is 0 Å². The van der Waals surface area contributed by atoms with Gasteiger partial charge in [0.1, 0.15) is 0 Å². The highest BCUT2D eigenvalue weighted by Crippen LogP contribution is 2.17. The summed E-state index contributed by atoms with van der Waals surface area (Å²) < 4.78 is 0. The van der Waals surface area contributed by atoms with Crippen molar-refractivity contribution in [2.45, 2.75) is 19.8 Å². The second-order valence-corrected chi connectivity index (χ2v) is 3.14. The van der Waals surface area contributed by atoms with Crippen LogP contribution in [0.2, 0.25) is 0 Å². The molecule has 0 aromatic carbocycles. The highest BCUT2D eigenvalue weighted by Gasteiger charge is 2.06. The van der Waals surface area contributed by atoms with E-state index in [-0.39, 0.29) is 0 Å². The summed E-state index contributed by atoms with van der Waals surface area (Å²) in [5.74, 6) is 0. The third-order valence-corrected chi connectivity index (χ3v) is 2.32. The van der Waals surface area contributed by atoms with Gasteiger partial charge in [-0.25, -0.2) is 0 Å². The molecule has 0 unspecified atom stereocenters. The van der Waals surface area contributed by atoms with Crippen LogP contribution in [0.1, 0.15) is 19.8 Å². The van der Waals surface area contributed by atoms with Gasteiger partial charge in [-0.15, -0.1) is 0 Å². The van der Waals surface area contributed by atoms with E-state index >= 15 is 0 Å². The van der Waals surface area contributed by atoms with Gasteiger partial charge in [-0.05, 0) is 31.0 Å². The summed E-state index contributed by atoms with van der Waals surface area (Å²) in [4.78, 5) is 4.01. The maximum atomic E-state index is 4.01. The molecule has 0 aromatic heterocycles. The first-order valence-electron chi connectivity index (χ1n) is 4.84. The molecule has 13 heavy (non-hydrogen) atoms. The molecule has 1 N–H and O–H groups in total. The van der Waals surface area contributed by atoms with Crippen LogP contribution in [0.15, 0.2) is 28.3 Å². The second-order valence-electron chi connectivity index (χ2n) is 3.14. The Morgan fingerprint density at radius 2 is 2.54 bits per heavy atom. The lowest BCUT2D eigenvalue weighted by Gasteiger charge is -2.15. The largest absolute Gasteiger partial charge is 0.313 e. The van der Waals surface area contributed by atoms with Crippen LogP contribution in [0.3, 0.4) is 0 Å². The van der Waals surface area contributed by atoms with Crippen molar-refractivity contribution in [3.05, 3.63) is 23.3 Å². The SMILES string of the molecule is C/C=C(\CC=NC)C1=CCNCC1.